The van der Waals surface area contributed by atoms with Gasteiger partial charge in [-0.2, -0.15) is 0 Å². The Balaban J connectivity index is 1.89. The summed E-state index contributed by atoms with van der Waals surface area (Å²) in [6.07, 6.45) is 7.43. The van der Waals surface area contributed by atoms with E-state index in [1.165, 1.54) is 6.33 Å². The zero-order chi connectivity index (χ0) is 18.5. The van der Waals surface area contributed by atoms with E-state index >= 15 is 0 Å². The number of hydrogen-bond acceptors (Lipinski definition) is 6. The molecular formula is C17H19F2N5O2. The van der Waals surface area contributed by atoms with Crippen LogP contribution < -0.4 is 10.6 Å². The molecule has 0 atom stereocenters. The van der Waals surface area contributed by atoms with E-state index in [1.807, 2.05) is 0 Å². The maximum absolute atomic E-state index is 13.9. The van der Waals surface area contributed by atoms with Crippen molar-refractivity contribution in [2.45, 2.75) is 44.6 Å². The van der Waals surface area contributed by atoms with Gasteiger partial charge in [-0.3, -0.25) is 10.1 Å². The predicted molar refractivity (Wildman–Crippen MR) is 93.4 cm³/mol. The minimum atomic E-state index is -0.865. The Morgan fingerprint density at radius 3 is 2.42 bits per heavy atom. The van der Waals surface area contributed by atoms with Crippen molar-refractivity contribution in [1.29, 1.82) is 0 Å². The Bertz CT molecular complexity index is 795. The molecule has 1 aliphatic carbocycles. The van der Waals surface area contributed by atoms with Crippen LogP contribution in [0.1, 0.15) is 38.5 Å². The number of hydrogen-bond donors (Lipinski definition) is 2. The molecule has 1 heterocycles. The van der Waals surface area contributed by atoms with E-state index in [4.69, 9.17) is 0 Å². The molecular weight excluding hydrogens is 344 g/mol. The monoisotopic (exact) mass is 363 g/mol. The summed E-state index contributed by atoms with van der Waals surface area (Å²) in [7, 11) is 0. The van der Waals surface area contributed by atoms with Gasteiger partial charge in [0.2, 0.25) is 11.6 Å². The van der Waals surface area contributed by atoms with E-state index in [1.54, 1.807) is 0 Å². The third-order valence-electron chi connectivity index (χ3n) is 4.39. The molecule has 2 N–H and O–H groups in total. The fraction of sp³-hybridized carbons (Fsp3) is 0.412. The fourth-order valence-electron chi connectivity index (χ4n) is 3.08. The summed E-state index contributed by atoms with van der Waals surface area (Å²) in [5.41, 5.74) is -0.464. The molecule has 0 bridgehead atoms. The van der Waals surface area contributed by atoms with Crippen molar-refractivity contribution in [1.82, 2.24) is 9.97 Å². The van der Waals surface area contributed by atoms with Crippen molar-refractivity contribution >= 4 is 23.0 Å². The van der Waals surface area contributed by atoms with Gasteiger partial charge in [0.05, 0.1) is 10.6 Å². The first-order chi connectivity index (χ1) is 12.5. The number of halogens is 2. The number of rotatable bonds is 5. The molecule has 1 saturated carbocycles. The second-order valence-corrected chi connectivity index (χ2v) is 6.26. The molecule has 7 nitrogen and oxygen atoms in total. The van der Waals surface area contributed by atoms with Crippen LogP contribution >= 0.6 is 0 Å². The smallest absolute Gasteiger partial charge is 0.353 e. The number of nitrogens with one attached hydrogen (secondary N) is 2. The Labute approximate surface area is 149 Å². The molecule has 0 saturated heterocycles. The summed E-state index contributed by atoms with van der Waals surface area (Å²) < 4.78 is 26.9. The van der Waals surface area contributed by atoms with Crippen molar-refractivity contribution < 1.29 is 13.7 Å². The minimum absolute atomic E-state index is 0.0986. The third-order valence-corrected chi connectivity index (χ3v) is 4.39. The fourth-order valence-corrected chi connectivity index (χ4v) is 3.08. The lowest BCUT2D eigenvalue weighted by atomic mass is 10.1. The van der Waals surface area contributed by atoms with Crippen LogP contribution in [0, 0.1) is 21.7 Å². The maximum Gasteiger partial charge on any atom is 0.353 e. The van der Waals surface area contributed by atoms with E-state index in [9.17, 15) is 18.9 Å². The van der Waals surface area contributed by atoms with Crippen molar-refractivity contribution in [2.24, 2.45) is 0 Å². The number of nitro groups is 1. The summed E-state index contributed by atoms with van der Waals surface area (Å²) in [5.74, 6) is -1.65. The van der Waals surface area contributed by atoms with Crippen LogP contribution in [-0.2, 0) is 0 Å². The van der Waals surface area contributed by atoms with Crippen LogP contribution in [0.5, 0.6) is 0 Å². The summed E-state index contributed by atoms with van der Waals surface area (Å²) in [4.78, 5) is 18.8. The van der Waals surface area contributed by atoms with Crippen molar-refractivity contribution in [3.05, 3.63) is 46.3 Å². The lowest BCUT2D eigenvalue weighted by Gasteiger charge is -2.17. The summed E-state index contributed by atoms with van der Waals surface area (Å²) >= 11 is 0. The highest BCUT2D eigenvalue weighted by atomic mass is 19.1. The molecule has 1 aromatic carbocycles. The topological polar surface area (TPSA) is 93.0 Å². The Morgan fingerprint density at radius 1 is 1.08 bits per heavy atom. The summed E-state index contributed by atoms with van der Waals surface area (Å²) in [6, 6.07) is 3.01. The van der Waals surface area contributed by atoms with Gasteiger partial charge < -0.3 is 10.6 Å². The standard InChI is InChI=1S/C17H19F2N5O2/c18-11-7-8-14(13(19)9-11)23-17-15(24(25)26)16(20-10-21-17)22-12-5-3-1-2-4-6-12/h7-10,12H,1-6H2,(H2,20,21,22,23). The number of nitrogens with zero attached hydrogens (tertiary/aromatic N) is 3. The zero-order valence-electron chi connectivity index (χ0n) is 14.0. The largest absolute Gasteiger partial charge is 0.361 e. The first-order valence-electron chi connectivity index (χ1n) is 8.52. The SMILES string of the molecule is O=[N+]([O-])c1c(Nc2ccc(F)cc2F)ncnc1NC1CCCCCC1. The molecule has 1 aromatic heterocycles. The average Bonchev–Trinajstić information content (AvgIpc) is 2.86. The van der Waals surface area contributed by atoms with Gasteiger partial charge in [-0.05, 0) is 25.0 Å². The molecule has 0 aliphatic heterocycles. The van der Waals surface area contributed by atoms with Gasteiger partial charge in [-0.25, -0.2) is 18.7 Å². The van der Waals surface area contributed by atoms with Gasteiger partial charge in [-0.1, -0.05) is 25.7 Å². The van der Waals surface area contributed by atoms with Crippen LogP contribution in [0.25, 0.3) is 0 Å². The minimum Gasteiger partial charge on any atom is -0.361 e. The first-order valence-corrected chi connectivity index (χ1v) is 8.52. The van der Waals surface area contributed by atoms with E-state index in [0.717, 1.165) is 50.7 Å². The second-order valence-electron chi connectivity index (χ2n) is 6.26. The molecule has 26 heavy (non-hydrogen) atoms. The molecule has 9 heteroatoms. The van der Waals surface area contributed by atoms with Gasteiger partial charge >= 0.3 is 5.69 Å². The second kappa shape index (κ2) is 8.03. The molecule has 0 unspecified atom stereocenters. The molecule has 3 rings (SSSR count). The summed E-state index contributed by atoms with van der Waals surface area (Å²) in [6.45, 7) is 0. The van der Waals surface area contributed by atoms with Crippen LogP contribution in [0.2, 0.25) is 0 Å². The number of anilines is 3. The molecule has 0 spiro atoms. The van der Waals surface area contributed by atoms with Gasteiger partial charge in [0.1, 0.15) is 18.0 Å². The molecule has 1 aliphatic rings. The molecule has 0 amide bonds. The quantitative estimate of drug-likeness (QED) is 0.460. The van der Waals surface area contributed by atoms with E-state index in [-0.39, 0.29) is 29.1 Å². The highest BCUT2D eigenvalue weighted by Crippen LogP contribution is 2.33. The first kappa shape index (κ1) is 18.0. The highest BCUT2D eigenvalue weighted by molar-refractivity contribution is 5.74. The highest BCUT2D eigenvalue weighted by Gasteiger charge is 2.26. The van der Waals surface area contributed by atoms with Crippen LogP contribution in [0.15, 0.2) is 24.5 Å². The van der Waals surface area contributed by atoms with Crippen LogP contribution in [0.3, 0.4) is 0 Å². The molecule has 138 valence electrons. The normalized spacial score (nSPS) is 15.3. The molecule has 0 radical (unpaired) electrons. The van der Waals surface area contributed by atoms with Crippen molar-refractivity contribution in [3.8, 4) is 0 Å². The number of benzene rings is 1. The summed E-state index contributed by atoms with van der Waals surface area (Å²) in [5, 5.41) is 17.3. The Hall–Kier alpha value is -2.84. The zero-order valence-corrected chi connectivity index (χ0v) is 14.0. The van der Waals surface area contributed by atoms with Crippen LogP contribution in [0.4, 0.5) is 31.8 Å². The van der Waals surface area contributed by atoms with Crippen molar-refractivity contribution in [2.75, 3.05) is 10.6 Å². The molecule has 1 fully saturated rings. The third kappa shape index (κ3) is 4.22. The van der Waals surface area contributed by atoms with Gasteiger partial charge in [0.15, 0.2) is 0 Å². The lowest BCUT2D eigenvalue weighted by Crippen LogP contribution is -2.20. The van der Waals surface area contributed by atoms with Gasteiger partial charge in [0, 0.05) is 12.1 Å². The molecule has 2 aromatic rings. The maximum atomic E-state index is 13.9. The van der Waals surface area contributed by atoms with Crippen molar-refractivity contribution in [3.63, 3.8) is 0 Å². The van der Waals surface area contributed by atoms with Gasteiger partial charge in [-0.15, -0.1) is 0 Å². The average molecular weight is 363 g/mol. The Kier molecular flexibility index (Phi) is 5.55. The van der Waals surface area contributed by atoms with E-state index < -0.39 is 16.6 Å². The number of aromatic nitrogens is 2. The van der Waals surface area contributed by atoms with E-state index in [2.05, 4.69) is 20.6 Å². The van der Waals surface area contributed by atoms with Gasteiger partial charge in [0.25, 0.3) is 0 Å². The Morgan fingerprint density at radius 2 is 1.77 bits per heavy atom. The van der Waals surface area contributed by atoms with E-state index in [0.29, 0.717) is 6.07 Å². The lowest BCUT2D eigenvalue weighted by molar-refractivity contribution is -0.383. The van der Waals surface area contributed by atoms with Crippen LogP contribution in [-0.4, -0.2) is 20.9 Å². The predicted octanol–water partition coefficient (Wildman–Crippen LogP) is 4.54.